The molecule has 0 bridgehead atoms. The molecule has 0 saturated carbocycles. The molecule has 1 saturated heterocycles. The van der Waals surface area contributed by atoms with E-state index < -0.39 is 0 Å². The molecule has 152 valence electrons. The third-order valence-corrected chi connectivity index (χ3v) is 6.09. The molecule has 5 rings (SSSR count). The van der Waals surface area contributed by atoms with Crippen LogP contribution in [0.2, 0.25) is 5.02 Å². The van der Waals surface area contributed by atoms with Gasteiger partial charge in [-0.05, 0) is 42.3 Å². The normalized spacial score (nSPS) is 16.2. The van der Waals surface area contributed by atoms with Gasteiger partial charge >= 0.3 is 0 Å². The van der Waals surface area contributed by atoms with Gasteiger partial charge in [-0.15, -0.1) is 0 Å². The topological polar surface area (TPSA) is 30.9 Å². The van der Waals surface area contributed by atoms with Crippen molar-refractivity contribution in [3.05, 3.63) is 88.9 Å². The van der Waals surface area contributed by atoms with Gasteiger partial charge in [0.05, 0.1) is 11.4 Å². The first-order chi connectivity index (χ1) is 14.8. The Morgan fingerprint density at radius 2 is 1.60 bits per heavy atom. The summed E-state index contributed by atoms with van der Waals surface area (Å²) in [7, 11) is 0. The number of nitrogens with one attached hydrogen (secondary N) is 1. The van der Waals surface area contributed by atoms with Crippen molar-refractivity contribution in [2.24, 2.45) is 4.99 Å². The maximum atomic E-state index is 6.26. The predicted molar refractivity (Wildman–Crippen MR) is 126 cm³/mol. The van der Waals surface area contributed by atoms with Crippen LogP contribution in [-0.4, -0.2) is 48.4 Å². The highest BCUT2D eigenvalue weighted by atomic mass is 35.5. The molecular formula is C25H25ClN4. The van der Waals surface area contributed by atoms with E-state index in [1.54, 1.807) is 0 Å². The molecular weight excluding hydrogens is 392 g/mol. The number of aliphatic imine (C=N–C) groups is 1. The summed E-state index contributed by atoms with van der Waals surface area (Å²) in [5.41, 5.74) is 5.51. The molecule has 3 aromatic rings. The number of hydrogen-bond donors (Lipinski definition) is 1. The molecule has 0 aliphatic carbocycles. The first kappa shape index (κ1) is 19.2. The molecule has 0 aromatic heterocycles. The standard InChI is InChI=1S/C25H25ClN4/c26-20-10-11-23-24(18-20)28-25(21-8-4-5-9-22(21)27-23)30-16-14-29(15-17-30)13-12-19-6-2-1-3-7-19/h1-11,18,27H,12-17H2. The minimum atomic E-state index is 0.704. The Morgan fingerprint density at radius 1 is 0.833 bits per heavy atom. The number of nitrogens with zero attached hydrogens (tertiary/aromatic N) is 3. The van der Waals surface area contributed by atoms with Crippen LogP contribution in [0.1, 0.15) is 11.1 Å². The highest BCUT2D eigenvalue weighted by molar-refractivity contribution is 6.31. The quantitative estimate of drug-likeness (QED) is 0.625. The fraction of sp³-hybridized carbons (Fsp3) is 0.240. The van der Waals surface area contributed by atoms with Crippen LogP contribution in [0.4, 0.5) is 17.1 Å². The van der Waals surface area contributed by atoms with Gasteiger partial charge < -0.3 is 10.2 Å². The van der Waals surface area contributed by atoms with Crippen LogP contribution in [0.3, 0.4) is 0 Å². The monoisotopic (exact) mass is 416 g/mol. The number of fused-ring (bicyclic) bond motifs is 2. The predicted octanol–water partition coefficient (Wildman–Crippen LogP) is 5.34. The summed E-state index contributed by atoms with van der Waals surface area (Å²) < 4.78 is 0. The van der Waals surface area contributed by atoms with Gasteiger partial charge in [0.15, 0.2) is 0 Å². The molecule has 2 aliphatic rings. The van der Waals surface area contributed by atoms with E-state index in [4.69, 9.17) is 16.6 Å². The largest absolute Gasteiger partial charge is 0.353 e. The second-order valence-corrected chi connectivity index (χ2v) is 8.27. The summed E-state index contributed by atoms with van der Waals surface area (Å²) >= 11 is 6.26. The van der Waals surface area contributed by atoms with Gasteiger partial charge in [0.25, 0.3) is 0 Å². The lowest BCUT2D eigenvalue weighted by Gasteiger charge is -2.36. The number of anilines is 2. The fourth-order valence-corrected chi connectivity index (χ4v) is 4.33. The van der Waals surface area contributed by atoms with E-state index in [0.717, 1.165) is 67.6 Å². The van der Waals surface area contributed by atoms with E-state index in [-0.39, 0.29) is 0 Å². The van der Waals surface area contributed by atoms with Crippen molar-refractivity contribution in [2.75, 3.05) is 38.0 Å². The van der Waals surface area contributed by atoms with Gasteiger partial charge in [-0.25, -0.2) is 4.99 Å². The third-order valence-electron chi connectivity index (χ3n) is 5.85. The van der Waals surface area contributed by atoms with E-state index in [2.05, 4.69) is 69.7 Å². The van der Waals surface area contributed by atoms with E-state index in [1.807, 2.05) is 18.2 Å². The van der Waals surface area contributed by atoms with Crippen LogP contribution in [0.15, 0.2) is 77.8 Å². The average Bonchev–Trinajstić information content (AvgIpc) is 2.95. The molecule has 3 aromatic carbocycles. The highest BCUT2D eigenvalue weighted by Crippen LogP contribution is 2.36. The summed E-state index contributed by atoms with van der Waals surface area (Å²) in [4.78, 5) is 10.0. The molecule has 1 N–H and O–H groups in total. The summed E-state index contributed by atoms with van der Waals surface area (Å²) in [5, 5.41) is 4.24. The maximum Gasteiger partial charge on any atom is 0.138 e. The van der Waals surface area contributed by atoms with Crippen molar-refractivity contribution in [2.45, 2.75) is 6.42 Å². The number of piperazine rings is 1. The Kier molecular flexibility index (Phi) is 5.43. The zero-order valence-electron chi connectivity index (χ0n) is 16.9. The van der Waals surface area contributed by atoms with Gasteiger partial charge in [0, 0.05) is 49.0 Å². The van der Waals surface area contributed by atoms with Crippen molar-refractivity contribution in [1.82, 2.24) is 9.80 Å². The minimum absolute atomic E-state index is 0.704. The molecule has 0 unspecified atom stereocenters. The third kappa shape index (κ3) is 4.07. The second kappa shape index (κ2) is 8.50. The van der Waals surface area contributed by atoms with E-state index >= 15 is 0 Å². The second-order valence-electron chi connectivity index (χ2n) is 7.83. The number of amidine groups is 1. The van der Waals surface area contributed by atoms with Crippen LogP contribution in [0.25, 0.3) is 0 Å². The van der Waals surface area contributed by atoms with Crippen LogP contribution in [-0.2, 0) is 6.42 Å². The molecule has 0 spiro atoms. The molecule has 1 fully saturated rings. The number of rotatable bonds is 3. The van der Waals surface area contributed by atoms with Crippen molar-refractivity contribution < 1.29 is 0 Å². The Hall–Kier alpha value is -2.82. The number of halogens is 1. The molecule has 2 heterocycles. The molecule has 0 atom stereocenters. The first-order valence-corrected chi connectivity index (χ1v) is 10.9. The number of benzene rings is 3. The molecule has 5 heteroatoms. The smallest absolute Gasteiger partial charge is 0.138 e. The van der Waals surface area contributed by atoms with Gasteiger partial charge in [0.2, 0.25) is 0 Å². The number of para-hydroxylation sites is 1. The molecule has 0 radical (unpaired) electrons. The zero-order chi connectivity index (χ0) is 20.3. The summed E-state index contributed by atoms with van der Waals surface area (Å²) in [6.45, 7) is 5.13. The summed E-state index contributed by atoms with van der Waals surface area (Å²) in [6, 6.07) is 25.0. The Morgan fingerprint density at radius 3 is 2.43 bits per heavy atom. The minimum Gasteiger partial charge on any atom is -0.353 e. The molecule has 2 aliphatic heterocycles. The van der Waals surface area contributed by atoms with E-state index in [0.29, 0.717) is 5.02 Å². The highest BCUT2D eigenvalue weighted by Gasteiger charge is 2.24. The van der Waals surface area contributed by atoms with Gasteiger partial charge in [-0.1, -0.05) is 54.1 Å². The first-order valence-electron chi connectivity index (χ1n) is 10.5. The van der Waals surface area contributed by atoms with Gasteiger partial charge in [-0.3, -0.25) is 4.90 Å². The molecule has 0 amide bonds. The Balaban J connectivity index is 1.34. The zero-order valence-corrected chi connectivity index (χ0v) is 17.6. The van der Waals surface area contributed by atoms with Crippen LogP contribution >= 0.6 is 11.6 Å². The maximum absolute atomic E-state index is 6.26. The van der Waals surface area contributed by atoms with Crippen molar-refractivity contribution in [3.63, 3.8) is 0 Å². The van der Waals surface area contributed by atoms with Crippen molar-refractivity contribution >= 4 is 34.5 Å². The van der Waals surface area contributed by atoms with Crippen LogP contribution in [0, 0.1) is 0 Å². The molecule has 30 heavy (non-hydrogen) atoms. The Bertz CT molecular complexity index is 1060. The Labute approximate surface area is 182 Å². The van der Waals surface area contributed by atoms with Gasteiger partial charge in [-0.2, -0.15) is 0 Å². The lowest BCUT2D eigenvalue weighted by Crippen LogP contribution is -2.49. The van der Waals surface area contributed by atoms with E-state index in [9.17, 15) is 0 Å². The van der Waals surface area contributed by atoms with Crippen molar-refractivity contribution in [3.8, 4) is 0 Å². The lowest BCUT2D eigenvalue weighted by molar-refractivity contribution is 0.184. The average molecular weight is 417 g/mol. The summed E-state index contributed by atoms with van der Waals surface area (Å²) in [6.07, 6.45) is 1.10. The summed E-state index contributed by atoms with van der Waals surface area (Å²) in [5.74, 6) is 1.03. The van der Waals surface area contributed by atoms with E-state index in [1.165, 1.54) is 5.56 Å². The van der Waals surface area contributed by atoms with Crippen LogP contribution in [0.5, 0.6) is 0 Å². The fourth-order valence-electron chi connectivity index (χ4n) is 4.17. The lowest BCUT2D eigenvalue weighted by atomic mass is 10.1. The van der Waals surface area contributed by atoms with Crippen LogP contribution < -0.4 is 5.32 Å². The molecule has 4 nitrogen and oxygen atoms in total. The number of hydrogen-bond acceptors (Lipinski definition) is 4. The SMILES string of the molecule is Clc1ccc2c(c1)N=C(N1CCN(CCc3ccccc3)CC1)c1ccccc1N2. The van der Waals surface area contributed by atoms with Gasteiger partial charge in [0.1, 0.15) is 5.84 Å². The van der Waals surface area contributed by atoms with Crippen molar-refractivity contribution in [1.29, 1.82) is 0 Å².